The van der Waals surface area contributed by atoms with Crippen molar-refractivity contribution < 1.29 is 0 Å². The van der Waals surface area contributed by atoms with Gasteiger partial charge in [0, 0.05) is 32.7 Å². The number of rotatable bonds is 26. The number of benzene rings is 2. The van der Waals surface area contributed by atoms with Gasteiger partial charge in [0.15, 0.2) is 0 Å². The summed E-state index contributed by atoms with van der Waals surface area (Å²) < 4.78 is 6.08. The molecule has 0 unspecified atom stereocenters. The van der Waals surface area contributed by atoms with Crippen molar-refractivity contribution in [3.05, 3.63) is 86.4 Å². The molecule has 0 radical (unpaired) electrons. The molecular weight excluding hydrogens is 725 g/mol. The molecule has 0 aliphatic carbocycles. The first kappa shape index (κ1) is 42.1. The first-order valence-electron chi connectivity index (χ1n) is 19.4. The minimum Gasteiger partial charge on any atom is -0.399 e. The van der Waals surface area contributed by atoms with Crippen LogP contribution in [0.15, 0.2) is 75.3 Å². The molecule has 2 aliphatic heterocycles. The second-order valence-electron chi connectivity index (χ2n) is 13.6. The van der Waals surface area contributed by atoms with Gasteiger partial charge in [-0.25, -0.2) is 0 Å². The lowest BCUT2D eigenvalue weighted by Gasteiger charge is -2.06. The Morgan fingerprint density at radius 1 is 0.420 bits per heavy atom. The van der Waals surface area contributed by atoms with Crippen molar-refractivity contribution in [3.63, 3.8) is 0 Å². The van der Waals surface area contributed by atoms with E-state index in [0.717, 1.165) is 22.9 Å². The van der Waals surface area contributed by atoms with E-state index in [1.165, 1.54) is 156 Å². The number of anilines is 2. The molecular formula is C42H62N2S6. The molecule has 2 aromatic rings. The molecule has 276 valence electrons. The summed E-state index contributed by atoms with van der Waals surface area (Å²) in [6.45, 7) is 4.61. The third kappa shape index (κ3) is 16.2. The van der Waals surface area contributed by atoms with E-state index in [4.69, 9.17) is 11.5 Å². The summed E-state index contributed by atoms with van der Waals surface area (Å²) in [6, 6.07) is 16.9. The Kier molecular flexibility index (Phi) is 21.4. The Morgan fingerprint density at radius 3 is 1.08 bits per heavy atom. The average Bonchev–Trinajstić information content (AvgIpc) is 3.73. The van der Waals surface area contributed by atoms with Gasteiger partial charge in [-0.1, -0.05) is 188 Å². The highest BCUT2D eigenvalue weighted by Crippen LogP contribution is 2.64. The highest BCUT2D eigenvalue weighted by Gasteiger charge is 2.30. The van der Waals surface area contributed by atoms with Gasteiger partial charge < -0.3 is 11.5 Å². The lowest BCUT2D eigenvalue weighted by atomic mass is 10.1. The fraction of sp³-hybridized carbons (Fsp3) is 0.571. The van der Waals surface area contributed by atoms with Crippen LogP contribution in [0.2, 0.25) is 0 Å². The topological polar surface area (TPSA) is 52.0 Å². The molecule has 2 aliphatic rings. The van der Waals surface area contributed by atoms with Gasteiger partial charge in [0.2, 0.25) is 0 Å². The monoisotopic (exact) mass is 786 g/mol. The molecule has 0 spiro atoms. The van der Waals surface area contributed by atoms with Gasteiger partial charge in [0.1, 0.15) is 0 Å². The van der Waals surface area contributed by atoms with Crippen LogP contribution in [-0.4, -0.2) is 0 Å². The highest BCUT2D eigenvalue weighted by molar-refractivity contribution is 8.40. The van der Waals surface area contributed by atoms with Crippen molar-refractivity contribution in [3.8, 4) is 0 Å². The molecule has 50 heavy (non-hydrogen) atoms. The largest absolute Gasteiger partial charge is 0.399 e. The molecule has 8 heteroatoms. The number of hydrogen-bond acceptors (Lipinski definition) is 8. The lowest BCUT2D eigenvalue weighted by Crippen LogP contribution is -1.86. The summed E-state index contributed by atoms with van der Waals surface area (Å²) in [7, 11) is 0. The standard InChI is InChI=1S/C42H62N2S6/c1-3-5-7-9-11-13-15-17-19-21-37-39(45-31-33-23-27-35(43)28-24-33)49-41(47-37)42-48-38(22-20-18-16-14-12-10-8-6-4-2)40(50-42)46-32-34-25-29-36(44)30-26-34/h23-30H,3-22,31-32,43-44H2,1-2H3/b42-41+. The van der Waals surface area contributed by atoms with Gasteiger partial charge in [0.25, 0.3) is 0 Å². The minimum atomic E-state index is 0.841. The van der Waals surface area contributed by atoms with Crippen molar-refractivity contribution >= 4 is 81.9 Å². The van der Waals surface area contributed by atoms with Gasteiger partial charge in [0.05, 0.1) is 16.9 Å². The van der Waals surface area contributed by atoms with Crippen LogP contribution in [0.1, 0.15) is 153 Å². The number of allylic oxidation sites excluding steroid dienone is 2. The summed E-state index contributed by atoms with van der Waals surface area (Å²) in [6.07, 6.45) is 27.2. The Balaban J connectivity index is 1.36. The second kappa shape index (κ2) is 25.4. The summed E-state index contributed by atoms with van der Waals surface area (Å²) in [4.78, 5) is 3.20. The minimum absolute atomic E-state index is 0.841. The third-order valence-corrected chi connectivity index (χ3v) is 18.1. The number of unbranched alkanes of at least 4 members (excludes halogenated alkanes) is 16. The highest BCUT2D eigenvalue weighted by atomic mass is 32.2. The number of hydrogen-bond donors (Lipinski definition) is 2. The van der Waals surface area contributed by atoms with Crippen molar-refractivity contribution in [2.75, 3.05) is 11.5 Å². The molecule has 2 heterocycles. The Morgan fingerprint density at radius 2 is 0.740 bits per heavy atom. The second-order valence-corrected chi connectivity index (χ2v) is 20.9. The molecule has 0 amide bonds. The van der Waals surface area contributed by atoms with Crippen molar-refractivity contribution in [1.82, 2.24) is 0 Å². The lowest BCUT2D eigenvalue weighted by molar-refractivity contribution is 0.566. The van der Waals surface area contributed by atoms with E-state index < -0.39 is 0 Å². The number of nitrogen functional groups attached to an aromatic ring is 2. The zero-order valence-electron chi connectivity index (χ0n) is 30.8. The SMILES string of the molecule is CCCCCCCCCCCC1=C(SCc2ccc(N)cc2)S/C(=C2\SC(CCCCCCCCCCC)=C(SCc3ccc(N)cc3)S2)S1. The first-order valence-corrected chi connectivity index (χ1v) is 24.7. The van der Waals surface area contributed by atoms with Crippen molar-refractivity contribution in [2.24, 2.45) is 0 Å². The maximum atomic E-state index is 5.98. The predicted octanol–water partition coefficient (Wildman–Crippen LogP) is 16.3. The molecule has 2 nitrogen and oxygen atoms in total. The van der Waals surface area contributed by atoms with E-state index >= 15 is 0 Å². The maximum Gasteiger partial charge on any atom is 0.0708 e. The molecule has 2 aromatic carbocycles. The predicted molar refractivity (Wildman–Crippen MR) is 239 cm³/mol. The van der Waals surface area contributed by atoms with Gasteiger partial charge in [-0.2, -0.15) is 0 Å². The average molecular weight is 787 g/mol. The smallest absolute Gasteiger partial charge is 0.0708 e. The molecule has 0 saturated heterocycles. The van der Waals surface area contributed by atoms with E-state index in [-0.39, 0.29) is 0 Å². The van der Waals surface area contributed by atoms with Gasteiger partial charge in [-0.15, -0.1) is 23.5 Å². The quantitative estimate of drug-likeness (QED) is 0.0722. The van der Waals surface area contributed by atoms with E-state index in [0.29, 0.717) is 0 Å². The molecule has 0 saturated carbocycles. The Labute approximate surface area is 331 Å². The van der Waals surface area contributed by atoms with Crippen LogP contribution in [-0.2, 0) is 11.5 Å². The van der Waals surface area contributed by atoms with Crippen LogP contribution in [0.25, 0.3) is 0 Å². The summed E-state index contributed by atoms with van der Waals surface area (Å²) in [5.41, 5.74) is 16.3. The van der Waals surface area contributed by atoms with Crippen LogP contribution < -0.4 is 11.5 Å². The van der Waals surface area contributed by atoms with Crippen LogP contribution in [0.5, 0.6) is 0 Å². The maximum absolute atomic E-state index is 5.98. The summed E-state index contributed by atoms with van der Waals surface area (Å²) in [5.74, 6) is 2.00. The normalized spacial score (nSPS) is 16.4. The zero-order chi connectivity index (χ0) is 35.2. The van der Waals surface area contributed by atoms with E-state index in [1.807, 2.05) is 71.3 Å². The molecule has 0 fully saturated rings. The van der Waals surface area contributed by atoms with Gasteiger partial charge in [-0.05, 0) is 61.1 Å². The summed E-state index contributed by atoms with van der Waals surface area (Å²) in [5, 5.41) is 0. The van der Waals surface area contributed by atoms with Gasteiger partial charge >= 0.3 is 0 Å². The molecule has 0 aromatic heterocycles. The Hall–Kier alpha value is -0.640. The molecule has 0 bridgehead atoms. The summed E-state index contributed by atoms with van der Waals surface area (Å²) >= 11 is 12.3. The number of nitrogens with two attached hydrogens (primary N) is 2. The van der Waals surface area contributed by atoms with Crippen molar-refractivity contribution in [1.29, 1.82) is 0 Å². The third-order valence-electron chi connectivity index (χ3n) is 9.14. The zero-order valence-corrected chi connectivity index (χ0v) is 35.7. The molecule has 4 rings (SSSR count). The van der Waals surface area contributed by atoms with E-state index in [2.05, 4.69) is 61.6 Å². The fourth-order valence-corrected chi connectivity index (χ4v) is 14.9. The van der Waals surface area contributed by atoms with E-state index in [9.17, 15) is 0 Å². The van der Waals surface area contributed by atoms with Crippen LogP contribution in [0.4, 0.5) is 11.4 Å². The molecule has 0 atom stereocenters. The van der Waals surface area contributed by atoms with Crippen LogP contribution in [0.3, 0.4) is 0 Å². The fourth-order valence-electron chi connectivity index (χ4n) is 6.04. The number of thioether (sulfide) groups is 6. The van der Waals surface area contributed by atoms with Crippen LogP contribution >= 0.6 is 70.6 Å². The van der Waals surface area contributed by atoms with Gasteiger partial charge in [-0.3, -0.25) is 0 Å². The van der Waals surface area contributed by atoms with Crippen LogP contribution in [0, 0.1) is 0 Å². The van der Waals surface area contributed by atoms with E-state index in [1.54, 1.807) is 9.81 Å². The molecule has 4 N–H and O–H groups in total. The van der Waals surface area contributed by atoms with Crippen molar-refractivity contribution in [2.45, 2.75) is 154 Å². The first-order chi connectivity index (χ1) is 24.6. The Bertz CT molecular complexity index is 1250.